The first-order chi connectivity index (χ1) is 5.84. The van der Waals surface area contributed by atoms with Crippen LogP contribution in [0.25, 0.3) is 0 Å². The molecule has 0 aliphatic heterocycles. The van der Waals surface area contributed by atoms with Gasteiger partial charge in [-0.2, -0.15) is 0 Å². The summed E-state index contributed by atoms with van der Waals surface area (Å²) in [6.07, 6.45) is 0. The molecule has 0 aliphatic carbocycles. The van der Waals surface area contributed by atoms with Gasteiger partial charge >= 0.3 is 101 Å². The summed E-state index contributed by atoms with van der Waals surface area (Å²) in [5, 5.41) is 0. The second kappa shape index (κ2) is 4.85. The Balaban J connectivity index is 4.78. The Bertz CT molecular complexity index is 162. The third-order valence-electron chi connectivity index (χ3n) is 2.91. The van der Waals surface area contributed by atoms with Crippen LogP contribution in [0.1, 0.15) is 20.8 Å². The van der Waals surface area contributed by atoms with Gasteiger partial charge in [-0.25, -0.2) is 0 Å². The van der Waals surface area contributed by atoms with Crippen molar-refractivity contribution in [1.82, 2.24) is 0 Å². The van der Waals surface area contributed by atoms with Gasteiger partial charge in [0, 0.05) is 0 Å². The fraction of sp³-hybridized carbons (Fsp3) is 1.00. The molecule has 0 fully saturated rings. The SMILES string of the molecule is CC(C)(C)[CH]([CH2][Sn]([CH3])([CH3])[CH3])[Sn]([CH3])([CH3])[CH3]. The molecule has 0 amide bonds. The summed E-state index contributed by atoms with van der Waals surface area (Å²) in [4.78, 5) is 15.6. The van der Waals surface area contributed by atoms with Crippen LogP contribution in [0.15, 0.2) is 0 Å². The van der Waals surface area contributed by atoms with Gasteiger partial charge < -0.3 is 0 Å². The fourth-order valence-corrected chi connectivity index (χ4v) is 40.4. The predicted molar refractivity (Wildman–Crippen MR) is 74.7 cm³/mol. The van der Waals surface area contributed by atoms with Gasteiger partial charge in [0.2, 0.25) is 0 Å². The van der Waals surface area contributed by atoms with Crippen LogP contribution >= 0.6 is 0 Å². The van der Waals surface area contributed by atoms with E-state index in [-0.39, 0.29) is 0 Å². The van der Waals surface area contributed by atoms with Crippen molar-refractivity contribution in [3.8, 4) is 0 Å². The summed E-state index contributed by atoms with van der Waals surface area (Å²) in [5.41, 5.74) is 0.554. The molecular formula is C12H30Sn2. The van der Waals surface area contributed by atoms with Gasteiger partial charge in [0.1, 0.15) is 0 Å². The van der Waals surface area contributed by atoms with Crippen LogP contribution in [0.2, 0.25) is 38.0 Å². The van der Waals surface area contributed by atoms with Crippen molar-refractivity contribution in [3.05, 3.63) is 0 Å². The van der Waals surface area contributed by atoms with Crippen molar-refractivity contribution in [2.45, 2.75) is 58.8 Å². The van der Waals surface area contributed by atoms with E-state index >= 15 is 0 Å². The van der Waals surface area contributed by atoms with Gasteiger partial charge in [-0.3, -0.25) is 0 Å². The van der Waals surface area contributed by atoms with Crippen molar-refractivity contribution in [1.29, 1.82) is 0 Å². The van der Waals surface area contributed by atoms with E-state index in [1.165, 1.54) is 0 Å². The summed E-state index contributed by atoms with van der Waals surface area (Å²) in [6.45, 7) is 7.37. The van der Waals surface area contributed by atoms with E-state index in [0.29, 0.717) is 5.41 Å². The molecule has 0 spiro atoms. The first-order valence-corrected chi connectivity index (χ1v) is 26.6. The van der Waals surface area contributed by atoms with Crippen LogP contribution < -0.4 is 0 Å². The average Bonchev–Trinajstić information content (AvgIpc) is 1.75. The van der Waals surface area contributed by atoms with Crippen molar-refractivity contribution >= 4 is 36.8 Å². The molecule has 0 aliphatic rings. The van der Waals surface area contributed by atoms with Crippen molar-refractivity contribution < 1.29 is 0 Å². The first kappa shape index (κ1) is 15.6. The molecule has 0 radical (unpaired) electrons. The molecule has 0 rings (SSSR count). The Labute approximate surface area is 100.0 Å². The summed E-state index contributed by atoms with van der Waals surface area (Å²) in [5.74, 6) is 0. The van der Waals surface area contributed by atoms with E-state index < -0.39 is 36.8 Å². The molecule has 0 bridgehead atoms. The van der Waals surface area contributed by atoms with E-state index in [2.05, 4.69) is 50.4 Å². The Kier molecular flexibility index (Phi) is 5.40. The third-order valence-corrected chi connectivity index (χ3v) is 19.9. The zero-order valence-electron chi connectivity index (χ0n) is 11.8. The molecular weight excluding hydrogens is 382 g/mol. The molecule has 0 aromatic heterocycles. The molecule has 86 valence electrons. The van der Waals surface area contributed by atoms with Crippen molar-refractivity contribution in [2.24, 2.45) is 5.41 Å². The monoisotopic (exact) mass is 414 g/mol. The maximum atomic E-state index is 2.61. The second-order valence-electron chi connectivity index (χ2n) is 8.05. The van der Waals surface area contributed by atoms with Crippen LogP contribution in [-0.4, -0.2) is 36.8 Å². The van der Waals surface area contributed by atoms with E-state index in [9.17, 15) is 0 Å². The molecule has 14 heavy (non-hydrogen) atoms. The zero-order valence-corrected chi connectivity index (χ0v) is 17.5. The van der Waals surface area contributed by atoms with E-state index in [4.69, 9.17) is 0 Å². The average molecular weight is 412 g/mol. The predicted octanol–water partition coefficient (Wildman–Crippen LogP) is 5.08. The van der Waals surface area contributed by atoms with Crippen molar-refractivity contribution in [2.75, 3.05) is 0 Å². The minimum atomic E-state index is -1.72. The van der Waals surface area contributed by atoms with E-state index in [1.54, 1.807) is 4.44 Å². The van der Waals surface area contributed by atoms with Crippen LogP contribution in [0.3, 0.4) is 0 Å². The maximum absolute atomic E-state index is 2.61. The molecule has 0 heterocycles. The Morgan fingerprint density at radius 1 is 0.857 bits per heavy atom. The Hall–Kier alpha value is 1.60. The van der Waals surface area contributed by atoms with E-state index in [1.807, 2.05) is 0 Å². The van der Waals surface area contributed by atoms with Gasteiger partial charge in [-0.05, 0) is 0 Å². The molecule has 0 saturated heterocycles. The summed E-state index contributed by atoms with van der Waals surface area (Å²) < 4.78 is 2.69. The Morgan fingerprint density at radius 3 is 1.29 bits per heavy atom. The number of rotatable bonds is 3. The molecule has 0 aromatic rings. The molecule has 0 N–H and O–H groups in total. The fourth-order valence-electron chi connectivity index (χ4n) is 2.52. The van der Waals surface area contributed by atoms with Crippen molar-refractivity contribution in [3.63, 3.8) is 0 Å². The van der Waals surface area contributed by atoms with E-state index in [0.717, 1.165) is 3.93 Å². The van der Waals surface area contributed by atoms with Crippen LogP contribution in [0.4, 0.5) is 0 Å². The summed E-state index contributed by atoms with van der Waals surface area (Å²) in [7, 11) is 0. The quantitative estimate of drug-likeness (QED) is 0.568. The molecule has 1 atom stereocenters. The van der Waals surface area contributed by atoms with Gasteiger partial charge in [0.25, 0.3) is 0 Å². The standard InChI is InChI=1S/C6H12.6CH3.2Sn/c1-5-6(2,3)4;;;;;;;;/h5H,1H2,2-4H3;6*1H3;;. The minimum absolute atomic E-state index is 0.554. The van der Waals surface area contributed by atoms with Crippen LogP contribution in [0.5, 0.6) is 0 Å². The van der Waals surface area contributed by atoms with Crippen LogP contribution in [-0.2, 0) is 0 Å². The van der Waals surface area contributed by atoms with Gasteiger partial charge in [0.15, 0.2) is 0 Å². The van der Waals surface area contributed by atoms with Gasteiger partial charge in [0.05, 0.1) is 0 Å². The van der Waals surface area contributed by atoms with Gasteiger partial charge in [-0.15, -0.1) is 0 Å². The molecule has 2 heteroatoms. The molecule has 0 nitrogen and oxygen atoms in total. The second-order valence-corrected chi connectivity index (χ2v) is 39.3. The Morgan fingerprint density at radius 2 is 1.21 bits per heavy atom. The number of hydrogen-bond donors (Lipinski definition) is 0. The topological polar surface area (TPSA) is 0 Å². The normalized spacial score (nSPS) is 16.9. The molecule has 0 aromatic carbocycles. The number of hydrogen-bond acceptors (Lipinski definition) is 0. The van der Waals surface area contributed by atoms with Gasteiger partial charge in [-0.1, -0.05) is 0 Å². The summed E-state index contributed by atoms with van der Waals surface area (Å²) >= 11 is -3.31. The first-order valence-electron chi connectivity index (χ1n) is 5.84. The van der Waals surface area contributed by atoms with Crippen LogP contribution in [0, 0.1) is 5.41 Å². The molecule has 0 saturated carbocycles. The zero-order chi connectivity index (χ0) is 11.8. The third kappa shape index (κ3) is 6.24. The molecule has 1 unspecified atom stereocenters. The summed E-state index contributed by atoms with van der Waals surface area (Å²) in [6, 6.07) is 0.